The number of hydrogen-bond acceptors (Lipinski definition) is 4. The molecule has 0 spiro atoms. The van der Waals surface area contributed by atoms with E-state index in [1.165, 1.54) is 0 Å². The Balaban J connectivity index is 2.18. The Morgan fingerprint density at radius 3 is 3.00 bits per heavy atom. The zero-order chi connectivity index (χ0) is 12.3. The van der Waals surface area contributed by atoms with E-state index >= 15 is 0 Å². The maximum atomic E-state index is 5.91. The number of hydrogen-bond donors (Lipinski definition) is 1. The highest BCUT2D eigenvalue weighted by molar-refractivity contribution is 6.30. The van der Waals surface area contributed by atoms with Crippen LogP contribution in [0.5, 0.6) is 0 Å². The van der Waals surface area contributed by atoms with Gasteiger partial charge in [-0.05, 0) is 32.2 Å². The minimum Gasteiger partial charge on any atom is -0.334 e. The van der Waals surface area contributed by atoms with Crippen molar-refractivity contribution in [3.63, 3.8) is 0 Å². The molecule has 90 valence electrons. The third kappa shape index (κ3) is 3.05. The summed E-state index contributed by atoms with van der Waals surface area (Å²) in [7, 11) is 1.91. The van der Waals surface area contributed by atoms with E-state index in [1.807, 2.05) is 25.2 Å². The van der Waals surface area contributed by atoms with Gasteiger partial charge in [-0.3, -0.25) is 0 Å². The van der Waals surface area contributed by atoms with Gasteiger partial charge in [0.25, 0.3) is 5.89 Å². The van der Waals surface area contributed by atoms with Crippen LogP contribution in [-0.4, -0.2) is 23.2 Å². The first-order chi connectivity index (χ1) is 8.19. The Morgan fingerprint density at radius 1 is 1.47 bits per heavy atom. The number of nitrogens with zero attached hydrogens (tertiary/aromatic N) is 2. The van der Waals surface area contributed by atoms with Crippen LogP contribution in [0, 0.1) is 0 Å². The summed E-state index contributed by atoms with van der Waals surface area (Å²) in [6.45, 7) is 2.06. The van der Waals surface area contributed by atoms with E-state index in [4.69, 9.17) is 16.1 Å². The van der Waals surface area contributed by atoms with Crippen LogP contribution in [0.2, 0.25) is 5.02 Å². The fourth-order valence-electron chi connectivity index (χ4n) is 1.45. The lowest BCUT2D eigenvalue weighted by Gasteiger charge is -2.04. The minimum absolute atomic E-state index is 0.319. The summed E-state index contributed by atoms with van der Waals surface area (Å²) in [5.74, 6) is 1.20. The van der Waals surface area contributed by atoms with Crippen molar-refractivity contribution < 1.29 is 4.52 Å². The van der Waals surface area contributed by atoms with Gasteiger partial charge in [0.2, 0.25) is 0 Å². The Hall–Kier alpha value is -1.39. The standard InChI is InChI=1S/C12H14ClN3O/c1-8(14-2)6-11-15-12(17-16-11)9-4-3-5-10(13)7-9/h3-5,7-8,14H,6H2,1-2H3. The maximum absolute atomic E-state index is 5.91. The Kier molecular flexibility index (Phi) is 3.76. The summed E-state index contributed by atoms with van der Waals surface area (Å²) in [5, 5.41) is 7.73. The molecule has 0 fully saturated rings. The average Bonchev–Trinajstić information content (AvgIpc) is 2.77. The average molecular weight is 252 g/mol. The first-order valence-electron chi connectivity index (χ1n) is 5.45. The quantitative estimate of drug-likeness (QED) is 0.907. The van der Waals surface area contributed by atoms with Crippen molar-refractivity contribution in [2.75, 3.05) is 7.05 Å². The molecule has 2 aromatic rings. The second-order valence-electron chi connectivity index (χ2n) is 3.92. The highest BCUT2D eigenvalue weighted by Crippen LogP contribution is 2.21. The number of benzene rings is 1. The molecule has 0 bridgehead atoms. The fraction of sp³-hybridized carbons (Fsp3) is 0.333. The third-order valence-corrected chi connectivity index (χ3v) is 2.76. The van der Waals surface area contributed by atoms with E-state index in [2.05, 4.69) is 22.4 Å². The number of likely N-dealkylation sites (N-methyl/N-ethyl adjacent to an activating group) is 1. The first kappa shape index (κ1) is 12.1. The smallest absolute Gasteiger partial charge is 0.257 e. The molecule has 0 aliphatic carbocycles. The number of halogens is 1. The van der Waals surface area contributed by atoms with Gasteiger partial charge in [-0.2, -0.15) is 4.98 Å². The van der Waals surface area contributed by atoms with E-state index in [1.54, 1.807) is 6.07 Å². The molecule has 0 saturated carbocycles. The van der Waals surface area contributed by atoms with Crippen molar-refractivity contribution in [2.45, 2.75) is 19.4 Å². The lowest BCUT2D eigenvalue weighted by atomic mass is 10.2. The largest absolute Gasteiger partial charge is 0.334 e. The summed E-state index contributed by atoms with van der Waals surface area (Å²) >= 11 is 5.91. The van der Waals surface area contributed by atoms with Crippen LogP contribution in [0.25, 0.3) is 11.5 Å². The number of aromatic nitrogens is 2. The number of nitrogens with one attached hydrogen (secondary N) is 1. The molecule has 17 heavy (non-hydrogen) atoms. The van der Waals surface area contributed by atoms with Crippen LogP contribution < -0.4 is 5.32 Å². The molecular formula is C12H14ClN3O. The third-order valence-electron chi connectivity index (χ3n) is 2.52. The van der Waals surface area contributed by atoms with Gasteiger partial charge in [-0.15, -0.1) is 0 Å². The molecule has 1 heterocycles. The van der Waals surface area contributed by atoms with Gasteiger partial charge in [-0.25, -0.2) is 0 Å². The van der Waals surface area contributed by atoms with Crippen LogP contribution in [-0.2, 0) is 6.42 Å². The van der Waals surface area contributed by atoms with E-state index in [0.717, 1.165) is 12.0 Å². The molecule has 5 heteroatoms. The van der Waals surface area contributed by atoms with E-state index < -0.39 is 0 Å². The second-order valence-corrected chi connectivity index (χ2v) is 4.36. The molecule has 0 amide bonds. The lowest BCUT2D eigenvalue weighted by Crippen LogP contribution is -2.24. The van der Waals surface area contributed by atoms with Gasteiger partial charge in [0.15, 0.2) is 5.82 Å². The molecule has 2 rings (SSSR count). The van der Waals surface area contributed by atoms with E-state index in [9.17, 15) is 0 Å². The van der Waals surface area contributed by atoms with Crippen molar-refractivity contribution in [1.29, 1.82) is 0 Å². The molecule has 4 nitrogen and oxygen atoms in total. The molecule has 1 aromatic carbocycles. The first-order valence-corrected chi connectivity index (χ1v) is 5.82. The Bertz CT molecular complexity index is 498. The van der Waals surface area contributed by atoms with Gasteiger partial charge in [0.05, 0.1) is 0 Å². The summed E-state index contributed by atoms with van der Waals surface area (Å²) in [4.78, 5) is 4.33. The van der Waals surface area contributed by atoms with Crippen molar-refractivity contribution in [3.05, 3.63) is 35.1 Å². The molecule has 0 radical (unpaired) electrons. The molecule has 0 saturated heterocycles. The maximum Gasteiger partial charge on any atom is 0.257 e. The Morgan fingerprint density at radius 2 is 2.29 bits per heavy atom. The SMILES string of the molecule is CNC(C)Cc1noc(-c2cccc(Cl)c2)n1. The van der Waals surface area contributed by atoms with Gasteiger partial charge in [0.1, 0.15) is 0 Å². The lowest BCUT2D eigenvalue weighted by molar-refractivity contribution is 0.418. The highest BCUT2D eigenvalue weighted by Gasteiger charge is 2.11. The van der Waals surface area contributed by atoms with E-state index in [0.29, 0.717) is 22.8 Å². The van der Waals surface area contributed by atoms with Gasteiger partial charge in [-0.1, -0.05) is 22.8 Å². The highest BCUT2D eigenvalue weighted by atomic mass is 35.5. The van der Waals surface area contributed by atoms with Crippen LogP contribution in [0.15, 0.2) is 28.8 Å². The monoisotopic (exact) mass is 251 g/mol. The zero-order valence-electron chi connectivity index (χ0n) is 9.77. The van der Waals surface area contributed by atoms with Crippen LogP contribution >= 0.6 is 11.6 Å². The van der Waals surface area contributed by atoms with Gasteiger partial charge in [0, 0.05) is 23.0 Å². The van der Waals surface area contributed by atoms with Crippen molar-refractivity contribution >= 4 is 11.6 Å². The fourth-order valence-corrected chi connectivity index (χ4v) is 1.64. The molecule has 0 aliphatic heterocycles. The van der Waals surface area contributed by atoms with Crippen molar-refractivity contribution in [3.8, 4) is 11.5 Å². The van der Waals surface area contributed by atoms with Gasteiger partial charge >= 0.3 is 0 Å². The predicted octanol–water partition coefficient (Wildman–Crippen LogP) is 2.54. The Labute approximate surface area is 105 Å². The summed E-state index contributed by atoms with van der Waals surface area (Å²) in [6, 6.07) is 7.69. The molecule has 0 aliphatic rings. The molecular weight excluding hydrogens is 238 g/mol. The van der Waals surface area contributed by atoms with Crippen molar-refractivity contribution in [2.24, 2.45) is 0 Å². The van der Waals surface area contributed by atoms with Crippen molar-refractivity contribution in [1.82, 2.24) is 15.5 Å². The molecule has 1 atom stereocenters. The van der Waals surface area contributed by atoms with Crippen LogP contribution in [0.1, 0.15) is 12.7 Å². The summed E-state index contributed by atoms with van der Waals surface area (Å²) < 4.78 is 5.20. The molecule has 1 N–H and O–H groups in total. The molecule has 1 aromatic heterocycles. The van der Waals surface area contributed by atoms with Gasteiger partial charge < -0.3 is 9.84 Å². The van der Waals surface area contributed by atoms with Crippen LogP contribution in [0.3, 0.4) is 0 Å². The van der Waals surface area contributed by atoms with E-state index in [-0.39, 0.29) is 0 Å². The topological polar surface area (TPSA) is 51.0 Å². The molecule has 1 unspecified atom stereocenters. The number of rotatable bonds is 4. The zero-order valence-corrected chi connectivity index (χ0v) is 10.5. The minimum atomic E-state index is 0.319. The second kappa shape index (κ2) is 5.29. The van der Waals surface area contributed by atoms with Crippen LogP contribution in [0.4, 0.5) is 0 Å². The summed E-state index contributed by atoms with van der Waals surface area (Å²) in [5.41, 5.74) is 0.841. The predicted molar refractivity (Wildman–Crippen MR) is 67.0 cm³/mol. The summed E-state index contributed by atoms with van der Waals surface area (Å²) in [6.07, 6.45) is 0.737. The normalized spacial score (nSPS) is 12.6.